The van der Waals surface area contributed by atoms with Gasteiger partial charge in [-0.3, -0.25) is 4.79 Å². The maximum Gasteiger partial charge on any atom is 0.254 e. The second-order valence-electron chi connectivity index (χ2n) is 10.4. The van der Waals surface area contributed by atoms with E-state index in [-0.39, 0.29) is 19.0 Å². The fourth-order valence-electron chi connectivity index (χ4n) is 4.64. The first-order chi connectivity index (χ1) is 17.8. The number of nitrogens with two attached hydrogens (primary N) is 1. The van der Waals surface area contributed by atoms with Gasteiger partial charge in [0.15, 0.2) is 0 Å². The molecule has 1 heterocycles. The van der Waals surface area contributed by atoms with Gasteiger partial charge in [-0.15, -0.1) is 0 Å². The number of imidazole rings is 1. The summed E-state index contributed by atoms with van der Waals surface area (Å²) in [5, 5.41) is 0. The maximum absolute atomic E-state index is 14.9. The molecule has 0 unspecified atom stereocenters. The number of benzene rings is 3. The van der Waals surface area contributed by atoms with E-state index in [1.54, 1.807) is 17.0 Å². The van der Waals surface area contributed by atoms with Gasteiger partial charge in [0.25, 0.3) is 5.91 Å². The molecule has 0 fully saturated rings. The van der Waals surface area contributed by atoms with Crippen LogP contribution in [-0.4, -0.2) is 39.6 Å². The van der Waals surface area contributed by atoms with Crippen molar-refractivity contribution in [2.75, 3.05) is 13.1 Å². The molecule has 0 bridgehead atoms. The third kappa shape index (κ3) is 6.33. The molecule has 0 saturated carbocycles. The van der Waals surface area contributed by atoms with Crippen molar-refractivity contribution in [3.63, 3.8) is 0 Å². The van der Waals surface area contributed by atoms with Gasteiger partial charge in [0.2, 0.25) is 0 Å². The number of carbonyl (C=O) groups is 1. The number of alkyl halides is 1. The van der Waals surface area contributed by atoms with Crippen LogP contribution in [0.4, 0.5) is 4.39 Å². The third-order valence-corrected chi connectivity index (χ3v) is 6.38. The molecule has 192 valence electrons. The van der Waals surface area contributed by atoms with E-state index in [1.807, 2.05) is 72.9 Å². The van der Waals surface area contributed by atoms with Crippen molar-refractivity contribution in [1.82, 2.24) is 14.5 Å². The summed E-state index contributed by atoms with van der Waals surface area (Å²) in [5.74, 6) is 0.468. The van der Waals surface area contributed by atoms with Crippen LogP contribution in [0, 0.1) is 5.41 Å². The van der Waals surface area contributed by atoms with E-state index in [9.17, 15) is 9.18 Å². The topological polar surface area (TPSA) is 64.2 Å². The number of amides is 1. The first-order valence-corrected chi connectivity index (χ1v) is 12.6. The highest BCUT2D eigenvalue weighted by molar-refractivity contribution is 5.94. The van der Waals surface area contributed by atoms with Crippen molar-refractivity contribution in [1.29, 1.82) is 0 Å². The smallest absolute Gasteiger partial charge is 0.254 e. The average molecular weight is 499 g/mol. The third-order valence-electron chi connectivity index (χ3n) is 6.38. The molecule has 0 saturated heterocycles. The minimum absolute atomic E-state index is 0.120. The van der Waals surface area contributed by atoms with Crippen LogP contribution >= 0.6 is 0 Å². The summed E-state index contributed by atoms with van der Waals surface area (Å²) < 4.78 is 17.0. The quantitative estimate of drug-likeness (QED) is 0.302. The normalized spacial score (nSPS) is 13.2. The van der Waals surface area contributed by atoms with Crippen molar-refractivity contribution >= 4 is 5.91 Å². The van der Waals surface area contributed by atoms with Gasteiger partial charge >= 0.3 is 0 Å². The summed E-state index contributed by atoms with van der Waals surface area (Å²) in [5.41, 5.74) is 8.64. The molecule has 1 aromatic heterocycles. The predicted molar refractivity (Wildman–Crippen MR) is 147 cm³/mol. The summed E-state index contributed by atoms with van der Waals surface area (Å²) >= 11 is 0. The Hall–Kier alpha value is -3.77. The SMILES string of the molecule is CC(C)(C)[C@H](c1nc(-c2ccccc2)cn1Cc1ccccc1)N(C[C@H](F)CN)C(=O)c1ccccc1. The number of nitrogens with zero attached hydrogens (tertiary/aromatic N) is 3. The zero-order chi connectivity index (χ0) is 26.4. The first kappa shape index (κ1) is 26.3. The fourth-order valence-corrected chi connectivity index (χ4v) is 4.64. The molecule has 0 spiro atoms. The fraction of sp³-hybridized carbons (Fsp3) is 0.290. The number of hydrogen-bond donors (Lipinski definition) is 1. The molecule has 0 aliphatic carbocycles. The van der Waals surface area contributed by atoms with E-state index < -0.39 is 17.6 Å². The van der Waals surface area contributed by atoms with Crippen LogP contribution in [0.3, 0.4) is 0 Å². The molecule has 5 nitrogen and oxygen atoms in total. The molecule has 3 aromatic carbocycles. The summed E-state index contributed by atoms with van der Waals surface area (Å²) in [6.07, 6.45) is 0.667. The van der Waals surface area contributed by atoms with Crippen LogP contribution < -0.4 is 5.73 Å². The van der Waals surface area contributed by atoms with Crippen LogP contribution in [-0.2, 0) is 6.54 Å². The van der Waals surface area contributed by atoms with Crippen molar-refractivity contribution in [2.24, 2.45) is 11.1 Å². The highest BCUT2D eigenvalue weighted by Gasteiger charge is 2.39. The van der Waals surface area contributed by atoms with E-state index in [4.69, 9.17) is 10.7 Å². The van der Waals surface area contributed by atoms with Gasteiger partial charge in [0.1, 0.15) is 12.0 Å². The standard InChI is InChI=1S/C31H35FN4O/c1-31(2,3)28(36(21-26(32)19-33)30(37)25-17-11-6-12-18-25)29-34-27(24-15-9-5-10-16-24)22-35(29)20-23-13-7-4-8-14-23/h4-18,22,26,28H,19-21,33H2,1-3H3/t26-,28+/m1/s1. The van der Waals surface area contributed by atoms with Gasteiger partial charge in [0, 0.05) is 30.4 Å². The lowest BCUT2D eigenvalue weighted by Gasteiger charge is -2.40. The molecule has 0 aliphatic rings. The summed E-state index contributed by atoms with van der Waals surface area (Å²) in [7, 11) is 0. The second kappa shape index (κ2) is 11.5. The van der Waals surface area contributed by atoms with Crippen molar-refractivity contribution < 1.29 is 9.18 Å². The van der Waals surface area contributed by atoms with Crippen molar-refractivity contribution in [2.45, 2.75) is 39.5 Å². The van der Waals surface area contributed by atoms with Gasteiger partial charge < -0.3 is 15.2 Å². The average Bonchev–Trinajstić information content (AvgIpc) is 3.31. The minimum atomic E-state index is -1.36. The lowest BCUT2D eigenvalue weighted by Crippen LogP contribution is -2.46. The Morgan fingerprint density at radius 1 is 0.946 bits per heavy atom. The first-order valence-electron chi connectivity index (χ1n) is 12.6. The Bertz CT molecular complexity index is 1280. The predicted octanol–water partition coefficient (Wildman–Crippen LogP) is 6.12. The van der Waals surface area contributed by atoms with E-state index in [0.29, 0.717) is 17.9 Å². The van der Waals surface area contributed by atoms with E-state index in [1.165, 1.54) is 0 Å². The van der Waals surface area contributed by atoms with Crippen molar-refractivity contribution in [3.8, 4) is 11.3 Å². The monoisotopic (exact) mass is 498 g/mol. The van der Waals surface area contributed by atoms with Crippen LogP contribution in [0.15, 0.2) is 97.2 Å². The van der Waals surface area contributed by atoms with E-state index in [0.717, 1.165) is 16.8 Å². The van der Waals surface area contributed by atoms with Crippen LogP contribution in [0.5, 0.6) is 0 Å². The molecular weight excluding hydrogens is 463 g/mol. The van der Waals surface area contributed by atoms with Gasteiger partial charge in [-0.25, -0.2) is 9.37 Å². The summed E-state index contributed by atoms with van der Waals surface area (Å²) in [6, 6.07) is 28.6. The second-order valence-corrected chi connectivity index (χ2v) is 10.4. The van der Waals surface area contributed by atoms with Crippen LogP contribution in [0.25, 0.3) is 11.3 Å². The largest absolute Gasteiger partial charge is 0.328 e. The van der Waals surface area contributed by atoms with Crippen LogP contribution in [0.2, 0.25) is 0 Å². The molecule has 0 radical (unpaired) electrons. The number of halogens is 1. The van der Waals surface area contributed by atoms with E-state index >= 15 is 0 Å². The molecule has 1 amide bonds. The summed E-state index contributed by atoms with van der Waals surface area (Å²) in [6.45, 7) is 6.47. The Labute approximate surface area is 218 Å². The molecule has 0 aliphatic heterocycles. The highest BCUT2D eigenvalue weighted by atomic mass is 19.1. The Morgan fingerprint density at radius 2 is 1.51 bits per heavy atom. The molecule has 4 aromatic rings. The molecule has 2 atom stereocenters. The van der Waals surface area contributed by atoms with Crippen LogP contribution in [0.1, 0.15) is 48.6 Å². The Kier molecular flexibility index (Phi) is 8.19. The molecule has 2 N–H and O–H groups in total. The number of carbonyl (C=O) groups excluding carboxylic acids is 1. The molecule has 6 heteroatoms. The van der Waals surface area contributed by atoms with Crippen molar-refractivity contribution in [3.05, 3.63) is 114 Å². The summed E-state index contributed by atoms with van der Waals surface area (Å²) in [4.78, 5) is 20.6. The Morgan fingerprint density at radius 3 is 2.08 bits per heavy atom. The lowest BCUT2D eigenvalue weighted by atomic mass is 9.84. The van der Waals surface area contributed by atoms with E-state index in [2.05, 4.69) is 37.5 Å². The number of hydrogen-bond acceptors (Lipinski definition) is 3. The lowest BCUT2D eigenvalue weighted by molar-refractivity contribution is 0.0402. The molecular formula is C31H35FN4O. The molecule has 37 heavy (non-hydrogen) atoms. The number of rotatable bonds is 9. The molecule has 4 rings (SSSR count). The van der Waals surface area contributed by atoms with Gasteiger partial charge in [-0.05, 0) is 23.1 Å². The van der Waals surface area contributed by atoms with Gasteiger partial charge in [-0.1, -0.05) is 99.6 Å². The highest BCUT2D eigenvalue weighted by Crippen LogP contribution is 2.40. The Balaban J connectivity index is 1.88. The zero-order valence-electron chi connectivity index (χ0n) is 21.7. The minimum Gasteiger partial charge on any atom is -0.328 e. The number of aromatic nitrogens is 2. The van der Waals surface area contributed by atoms with Gasteiger partial charge in [-0.2, -0.15) is 0 Å². The van der Waals surface area contributed by atoms with Gasteiger partial charge in [0.05, 0.1) is 18.3 Å². The zero-order valence-corrected chi connectivity index (χ0v) is 21.7. The maximum atomic E-state index is 14.9.